The van der Waals surface area contributed by atoms with Crippen molar-refractivity contribution in [3.05, 3.63) is 0 Å². The maximum absolute atomic E-state index is 11.3. The molecule has 0 aliphatic carbocycles. The monoisotopic (exact) mass is 241 g/mol. The largest absolute Gasteiger partial charge is 0.466 e. The van der Waals surface area contributed by atoms with E-state index < -0.39 is 0 Å². The summed E-state index contributed by atoms with van der Waals surface area (Å²) < 4.78 is 5.11. The molecular formula is C13H25N2O2. The minimum absolute atomic E-state index is 0.0351. The highest BCUT2D eigenvalue weighted by Crippen LogP contribution is 2.02. The lowest BCUT2D eigenvalue weighted by Gasteiger charge is -2.25. The minimum atomic E-state index is -0.0351. The number of carbonyl (C=O) groups excluding carboxylic acids is 1. The Balaban J connectivity index is 1.90. The number of rotatable bonds is 8. The van der Waals surface area contributed by atoms with E-state index in [-0.39, 0.29) is 5.97 Å². The van der Waals surface area contributed by atoms with Gasteiger partial charge >= 0.3 is 5.97 Å². The molecule has 0 spiro atoms. The summed E-state index contributed by atoms with van der Waals surface area (Å²) >= 11 is 0. The van der Waals surface area contributed by atoms with Gasteiger partial charge in [0, 0.05) is 32.6 Å². The van der Waals surface area contributed by atoms with Crippen molar-refractivity contribution in [3.8, 4) is 0 Å². The van der Waals surface area contributed by atoms with Gasteiger partial charge in [0.1, 0.15) is 0 Å². The lowest BCUT2D eigenvalue weighted by molar-refractivity contribution is -0.143. The Morgan fingerprint density at radius 1 is 1.24 bits per heavy atom. The van der Waals surface area contributed by atoms with Gasteiger partial charge in [-0.05, 0) is 25.8 Å². The molecule has 0 aromatic rings. The molecule has 17 heavy (non-hydrogen) atoms. The molecule has 1 aliphatic heterocycles. The molecule has 1 rings (SSSR count). The molecule has 4 nitrogen and oxygen atoms in total. The van der Waals surface area contributed by atoms with Crippen LogP contribution in [0, 0.1) is 0 Å². The Morgan fingerprint density at radius 2 is 2.00 bits per heavy atom. The zero-order chi connectivity index (χ0) is 12.3. The predicted octanol–water partition coefficient (Wildman–Crippen LogP) is 1.42. The fraction of sp³-hybridized carbons (Fsp3) is 0.923. The number of carbonyl (C=O) groups is 1. The highest BCUT2D eigenvalue weighted by atomic mass is 16.5. The SMILES string of the molecule is CCCCOC(=O)CCCCN1CC[N]CC1. The van der Waals surface area contributed by atoms with Gasteiger partial charge in [0.05, 0.1) is 6.61 Å². The van der Waals surface area contributed by atoms with E-state index in [1.807, 2.05) is 0 Å². The Bertz CT molecular complexity index is 204. The van der Waals surface area contributed by atoms with Crippen LogP contribution < -0.4 is 5.32 Å². The molecule has 0 N–H and O–H groups in total. The van der Waals surface area contributed by atoms with Gasteiger partial charge in [0.2, 0.25) is 0 Å². The van der Waals surface area contributed by atoms with Gasteiger partial charge in [-0.1, -0.05) is 13.3 Å². The van der Waals surface area contributed by atoms with E-state index in [4.69, 9.17) is 4.74 Å². The lowest BCUT2D eigenvalue weighted by atomic mass is 10.2. The normalized spacial score (nSPS) is 17.0. The Kier molecular flexibility index (Phi) is 8.01. The van der Waals surface area contributed by atoms with Crippen LogP contribution in [0.3, 0.4) is 0 Å². The van der Waals surface area contributed by atoms with Gasteiger partial charge in [-0.25, -0.2) is 5.32 Å². The summed E-state index contributed by atoms with van der Waals surface area (Å²) in [6.07, 6.45) is 4.65. The second-order valence-electron chi connectivity index (χ2n) is 4.54. The summed E-state index contributed by atoms with van der Waals surface area (Å²) in [5.74, 6) is -0.0351. The minimum Gasteiger partial charge on any atom is -0.466 e. The van der Waals surface area contributed by atoms with Crippen molar-refractivity contribution in [3.63, 3.8) is 0 Å². The van der Waals surface area contributed by atoms with Crippen LogP contribution in [0.1, 0.15) is 39.0 Å². The molecule has 1 radical (unpaired) electrons. The molecule has 0 unspecified atom stereocenters. The van der Waals surface area contributed by atoms with Crippen molar-refractivity contribution < 1.29 is 9.53 Å². The van der Waals surface area contributed by atoms with Crippen molar-refractivity contribution in [1.29, 1.82) is 0 Å². The molecule has 0 atom stereocenters. The van der Waals surface area contributed by atoms with Crippen LogP contribution in [0.2, 0.25) is 0 Å². The van der Waals surface area contributed by atoms with E-state index >= 15 is 0 Å². The highest BCUT2D eigenvalue weighted by molar-refractivity contribution is 5.69. The molecule has 1 fully saturated rings. The lowest BCUT2D eigenvalue weighted by Crippen LogP contribution is -2.40. The fourth-order valence-corrected chi connectivity index (χ4v) is 1.88. The smallest absolute Gasteiger partial charge is 0.305 e. The molecule has 1 aliphatic rings. The van der Waals surface area contributed by atoms with Crippen molar-refractivity contribution in [2.75, 3.05) is 39.3 Å². The van der Waals surface area contributed by atoms with Gasteiger partial charge in [-0.3, -0.25) is 4.79 Å². The maximum Gasteiger partial charge on any atom is 0.305 e. The standard InChI is InChI=1S/C13H25N2O2/c1-2-3-12-17-13(16)6-4-5-9-15-10-7-14-8-11-15/h2-12H2,1H3. The van der Waals surface area contributed by atoms with Crippen LogP contribution in [0.5, 0.6) is 0 Å². The number of hydrogen-bond acceptors (Lipinski definition) is 3. The van der Waals surface area contributed by atoms with Crippen molar-refractivity contribution in [2.45, 2.75) is 39.0 Å². The van der Waals surface area contributed by atoms with E-state index in [1.54, 1.807) is 0 Å². The van der Waals surface area contributed by atoms with Gasteiger partial charge < -0.3 is 9.64 Å². The zero-order valence-corrected chi connectivity index (χ0v) is 11.0. The predicted molar refractivity (Wildman–Crippen MR) is 68.0 cm³/mol. The molecule has 0 bridgehead atoms. The Morgan fingerprint density at radius 3 is 2.71 bits per heavy atom. The second-order valence-corrected chi connectivity index (χ2v) is 4.54. The average molecular weight is 241 g/mol. The average Bonchev–Trinajstić information content (AvgIpc) is 2.36. The second kappa shape index (κ2) is 9.42. The number of ether oxygens (including phenoxy) is 1. The van der Waals surface area contributed by atoms with Crippen molar-refractivity contribution in [1.82, 2.24) is 10.2 Å². The van der Waals surface area contributed by atoms with Crippen LogP contribution in [0.25, 0.3) is 0 Å². The first kappa shape index (κ1) is 14.5. The van der Waals surface area contributed by atoms with E-state index in [0.717, 1.165) is 58.4 Å². The first-order chi connectivity index (χ1) is 8.33. The highest BCUT2D eigenvalue weighted by Gasteiger charge is 2.09. The maximum atomic E-state index is 11.3. The molecular weight excluding hydrogens is 216 g/mol. The van der Waals surface area contributed by atoms with Crippen LogP contribution in [-0.2, 0) is 9.53 Å². The number of piperazine rings is 1. The van der Waals surface area contributed by atoms with Crippen LogP contribution in [0.4, 0.5) is 0 Å². The molecule has 0 aromatic carbocycles. The third-order valence-corrected chi connectivity index (χ3v) is 3.01. The molecule has 0 saturated carbocycles. The first-order valence-corrected chi connectivity index (χ1v) is 6.84. The third kappa shape index (κ3) is 7.34. The number of nitrogens with zero attached hydrogens (tertiary/aromatic N) is 2. The summed E-state index contributed by atoms with van der Waals surface area (Å²) in [6.45, 7) is 7.89. The zero-order valence-electron chi connectivity index (χ0n) is 11.0. The Labute approximate surface area is 105 Å². The summed E-state index contributed by atoms with van der Waals surface area (Å²) in [5.41, 5.74) is 0. The number of hydrogen-bond donors (Lipinski definition) is 0. The summed E-state index contributed by atoms with van der Waals surface area (Å²) in [7, 11) is 0. The molecule has 1 heterocycles. The molecule has 4 heteroatoms. The van der Waals surface area contributed by atoms with Crippen molar-refractivity contribution in [2.24, 2.45) is 0 Å². The molecule has 99 valence electrons. The summed E-state index contributed by atoms with van der Waals surface area (Å²) in [5, 5.41) is 4.31. The molecule has 0 aromatic heterocycles. The van der Waals surface area contributed by atoms with Crippen molar-refractivity contribution >= 4 is 5.97 Å². The summed E-state index contributed by atoms with van der Waals surface area (Å²) in [4.78, 5) is 13.7. The van der Waals surface area contributed by atoms with Gasteiger partial charge in [-0.2, -0.15) is 0 Å². The Hall–Kier alpha value is -0.610. The number of unbranched alkanes of at least 4 members (excludes halogenated alkanes) is 2. The topological polar surface area (TPSA) is 43.6 Å². The van der Waals surface area contributed by atoms with E-state index in [2.05, 4.69) is 17.1 Å². The van der Waals surface area contributed by atoms with Crippen LogP contribution in [0.15, 0.2) is 0 Å². The number of esters is 1. The first-order valence-electron chi connectivity index (χ1n) is 6.84. The van der Waals surface area contributed by atoms with Crippen LogP contribution >= 0.6 is 0 Å². The third-order valence-electron chi connectivity index (χ3n) is 3.01. The van der Waals surface area contributed by atoms with Crippen LogP contribution in [-0.4, -0.2) is 50.2 Å². The summed E-state index contributed by atoms with van der Waals surface area (Å²) in [6, 6.07) is 0. The van der Waals surface area contributed by atoms with E-state index in [1.165, 1.54) is 0 Å². The molecule has 0 amide bonds. The molecule has 1 saturated heterocycles. The van der Waals surface area contributed by atoms with Gasteiger partial charge in [-0.15, -0.1) is 0 Å². The van der Waals surface area contributed by atoms with Gasteiger partial charge in [0.15, 0.2) is 0 Å². The van der Waals surface area contributed by atoms with E-state index in [9.17, 15) is 4.79 Å². The quantitative estimate of drug-likeness (QED) is 0.477. The fourth-order valence-electron chi connectivity index (χ4n) is 1.88. The van der Waals surface area contributed by atoms with Gasteiger partial charge in [0.25, 0.3) is 0 Å². The van der Waals surface area contributed by atoms with E-state index in [0.29, 0.717) is 13.0 Å².